The molecule has 0 aromatic rings. The monoisotopic (exact) mass is 165 g/mol. The minimum absolute atomic E-state index is 0.148. The lowest BCUT2D eigenvalue weighted by molar-refractivity contribution is 0.474. The third kappa shape index (κ3) is 5.17. The van der Waals surface area contributed by atoms with Gasteiger partial charge in [0.2, 0.25) is 0 Å². The fraction of sp³-hybridized carbons (Fsp3) is 0.583. The van der Waals surface area contributed by atoms with Crippen LogP contribution in [0.3, 0.4) is 0 Å². The Kier molecular flexibility index (Phi) is 4.30. The van der Waals surface area contributed by atoms with Crippen LogP contribution in [0.4, 0.5) is 0 Å². The summed E-state index contributed by atoms with van der Waals surface area (Å²) in [4.78, 5) is 0. The molecule has 69 valence electrons. The Morgan fingerprint density at radius 3 is 2.33 bits per heavy atom. The van der Waals surface area contributed by atoms with E-state index in [-0.39, 0.29) is 5.41 Å². The lowest BCUT2D eigenvalue weighted by atomic mass is 9.81. The van der Waals surface area contributed by atoms with Crippen molar-refractivity contribution in [3.05, 3.63) is 31.2 Å². The normalized spacial score (nSPS) is 14.0. The fourth-order valence-electron chi connectivity index (χ4n) is 1.41. The van der Waals surface area contributed by atoms with Crippen LogP contribution in [0, 0.1) is 17.8 Å². The topological polar surface area (TPSA) is 0 Å². The minimum Gasteiger partial charge on any atom is -0.103 e. The molecule has 0 rings (SSSR count). The molecule has 0 heteroatoms. The van der Waals surface area contributed by atoms with Gasteiger partial charge in [0.1, 0.15) is 0 Å². The van der Waals surface area contributed by atoms with Crippen molar-refractivity contribution in [2.75, 3.05) is 0 Å². The molecule has 0 fully saturated rings. The average molecular weight is 165 g/mol. The van der Waals surface area contributed by atoms with Crippen LogP contribution >= 0.6 is 0 Å². The van der Waals surface area contributed by atoms with Crippen molar-refractivity contribution < 1.29 is 0 Å². The number of hydrogen-bond donors (Lipinski definition) is 0. The van der Waals surface area contributed by atoms with E-state index in [2.05, 4.69) is 47.3 Å². The fourth-order valence-corrected chi connectivity index (χ4v) is 1.41. The van der Waals surface area contributed by atoms with Gasteiger partial charge in [0.25, 0.3) is 0 Å². The van der Waals surface area contributed by atoms with Crippen LogP contribution < -0.4 is 0 Å². The van der Waals surface area contributed by atoms with E-state index in [1.54, 1.807) is 0 Å². The molecule has 0 nitrogen and oxygen atoms in total. The summed E-state index contributed by atoms with van der Waals surface area (Å²) in [6.45, 7) is 16.4. The highest BCUT2D eigenvalue weighted by Gasteiger charge is 2.17. The molecule has 1 unspecified atom stereocenters. The summed E-state index contributed by atoms with van der Waals surface area (Å²) >= 11 is 0. The Morgan fingerprint density at radius 2 is 2.00 bits per heavy atom. The first-order valence-corrected chi connectivity index (χ1v) is 4.51. The molecule has 0 spiro atoms. The van der Waals surface area contributed by atoms with Crippen LogP contribution in [0.2, 0.25) is 0 Å². The SMILES string of the molecule is C=CC(C)(C)[CH]C(C)CC(=C)C. The molecule has 12 heavy (non-hydrogen) atoms. The first kappa shape index (κ1) is 11.5. The molecule has 1 atom stereocenters. The molecule has 0 saturated heterocycles. The van der Waals surface area contributed by atoms with Gasteiger partial charge in [0, 0.05) is 0 Å². The first-order chi connectivity index (χ1) is 5.37. The summed E-state index contributed by atoms with van der Waals surface area (Å²) in [6.07, 6.45) is 5.40. The second-order valence-corrected chi connectivity index (χ2v) is 4.33. The maximum atomic E-state index is 3.91. The Balaban J connectivity index is 3.91. The van der Waals surface area contributed by atoms with Gasteiger partial charge in [-0.15, -0.1) is 13.2 Å². The van der Waals surface area contributed by atoms with E-state index in [9.17, 15) is 0 Å². The van der Waals surface area contributed by atoms with Gasteiger partial charge in [-0.05, 0) is 31.1 Å². The summed E-state index contributed by atoms with van der Waals surface area (Å²) in [5.41, 5.74) is 1.40. The van der Waals surface area contributed by atoms with Gasteiger partial charge in [-0.2, -0.15) is 0 Å². The van der Waals surface area contributed by atoms with E-state index >= 15 is 0 Å². The molecule has 0 aromatic carbocycles. The van der Waals surface area contributed by atoms with E-state index < -0.39 is 0 Å². The smallest absolute Gasteiger partial charge is 0.0144 e. The summed E-state index contributed by atoms with van der Waals surface area (Å²) in [5.74, 6) is 0.593. The molecule has 0 aliphatic heterocycles. The van der Waals surface area contributed by atoms with Crippen molar-refractivity contribution in [1.82, 2.24) is 0 Å². The Bertz CT molecular complexity index is 163. The van der Waals surface area contributed by atoms with Crippen molar-refractivity contribution in [3.8, 4) is 0 Å². The van der Waals surface area contributed by atoms with E-state index in [0.29, 0.717) is 5.92 Å². The van der Waals surface area contributed by atoms with Gasteiger partial charge in [-0.3, -0.25) is 0 Å². The molecule has 0 amide bonds. The Hall–Kier alpha value is -0.520. The van der Waals surface area contributed by atoms with Crippen LogP contribution in [0.5, 0.6) is 0 Å². The minimum atomic E-state index is 0.148. The lowest BCUT2D eigenvalue weighted by Gasteiger charge is -2.23. The summed E-state index contributed by atoms with van der Waals surface area (Å²) < 4.78 is 0. The van der Waals surface area contributed by atoms with Crippen LogP contribution in [-0.4, -0.2) is 0 Å². The predicted molar refractivity (Wildman–Crippen MR) is 56.9 cm³/mol. The van der Waals surface area contributed by atoms with Gasteiger partial charge in [0.05, 0.1) is 0 Å². The third-order valence-electron chi connectivity index (χ3n) is 1.91. The lowest BCUT2D eigenvalue weighted by Crippen LogP contribution is -2.13. The van der Waals surface area contributed by atoms with Crippen LogP contribution in [0.1, 0.15) is 34.1 Å². The zero-order chi connectivity index (χ0) is 9.78. The van der Waals surface area contributed by atoms with E-state index in [1.165, 1.54) is 5.57 Å². The highest BCUT2D eigenvalue weighted by molar-refractivity contribution is 5.03. The first-order valence-electron chi connectivity index (χ1n) is 4.51. The van der Waals surface area contributed by atoms with Crippen molar-refractivity contribution in [1.29, 1.82) is 0 Å². The second kappa shape index (κ2) is 4.49. The van der Waals surface area contributed by atoms with Crippen molar-refractivity contribution >= 4 is 0 Å². The van der Waals surface area contributed by atoms with Crippen LogP contribution in [-0.2, 0) is 0 Å². The second-order valence-electron chi connectivity index (χ2n) is 4.33. The van der Waals surface area contributed by atoms with E-state index in [1.807, 2.05) is 6.08 Å². The molecule has 0 aliphatic carbocycles. The average Bonchev–Trinajstić information content (AvgIpc) is 1.84. The van der Waals surface area contributed by atoms with Gasteiger partial charge in [-0.1, -0.05) is 32.4 Å². The number of rotatable bonds is 5. The highest BCUT2D eigenvalue weighted by atomic mass is 14.2. The molecule has 1 radical (unpaired) electrons. The number of allylic oxidation sites excluding steroid dienone is 2. The van der Waals surface area contributed by atoms with Gasteiger partial charge < -0.3 is 0 Å². The quantitative estimate of drug-likeness (QED) is 0.540. The van der Waals surface area contributed by atoms with E-state index in [0.717, 1.165) is 6.42 Å². The molecular formula is C12H21. The van der Waals surface area contributed by atoms with Gasteiger partial charge in [0.15, 0.2) is 0 Å². The number of hydrogen-bond acceptors (Lipinski definition) is 0. The van der Waals surface area contributed by atoms with Crippen LogP contribution in [0.25, 0.3) is 0 Å². The standard InChI is InChI=1S/C12H21/c1-7-12(5,6)9-11(4)8-10(2)3/h7,9,11H,1-2,8H2,3-6H3. The highest BCUT2D eigenvalue weighted by Crippen LogP contribution is 2.27. The zero-order valence-corrected chi connectivity index (χ0v) is 8.85. The van der Waals surface area contributed by atoms with Crippen molar-refractivity contribution in [2.45, 2.75) is 34.1 Å². The van der Waals surface area contributed by atoms with Crippen molar-refractivity contribution in [3.63, 3.8) is 0 Å². The summed E-state index contributed by atoms with van der Waals surface area (Å²) in [5, 5.41) is 0. The van der Waals surface area contributed by atoms with E-state index in [4.69, 9.17) is 0 Å². The summed E-state index contributed by atoms with van der Waals surface area (Å²) in [7, 11) is 0. The summed E-state index contributed by atoms with van der Waals surface area (Å²) in [6, 6.07) is 0. The zero-order valence-electron chi connectivity index (χ0n) is 8.85. The van der Waals surface area contributed by atoms with Gasteiger partial charge in [-0.25, -0.2) is 0 Å². The molecule has 0 N–H and O–H groups in total. The molecule has 0 aliphatic rings. The molecule has 0 aromatic heterocycles. The Labute approximate surface area is 77.4 Å². The maximum Gasteiger partial charge on any atom is -0.0144 e. The Morgan fingerprint density at radius 1 is 1.50 bits per heavy atom. The molecular weight excluding hydrogens is 144 g/mol. The largest absolute Gasteiger partial charge is 0.103 e. The van der Waals surface area contributed by atoms with Crippen molar-refractivity contribution in [2.24, 2.45) is 11.3 Å². The van der Waals surface area contributed by atoms with Gasteiger partial charge >= 0.3 is 0 Å². The molecule has 0 saturated carbocycles. The molecule has 0 bridgehead atoms. The third-order valence-corrected chi connectivity index (χ3v) is 1.91. The predicted octanol–water partition coefficient (Wildman–Crippen LogP) is 4.01. The molecule has 0 heterocycles. The maximum absolute atomic E-state index is 3.91. The van der Waals surface area contributed by atoms with Crippen LogP contribution in [0.15, 0.2) is 24.8 Å².